The summed E-state index contributed by atoms with van der Waals surface area (Å²) in [5.74, 6) is -2.47. The molecule has 1 aliphatic rings. The summed E-state index contributed by atoms with van der Waals surface area (Å²) < 4.78 is 42.7. The third kappa shape index (κ3) is 2.95. The zero-order chi connectivity index (χ0) is 19.1. The van der Waals surface area contributed by atoms with Crippen molar-refractivity contribution in [2.24, 2.45) is 7.05 Å². The zero-order valence-electron chi connectivity index (χ0n) is 13.6. The molecule has 0 saturated carbocycles. The van der Waals surface area contributed by atoms with Crippen LogP contribution in [-0.4, -0.2) is 35.8 Å². The van der Waals surface area contributed by atoms with Crippen LogP contribution >= 0.6 is 0 Å². The summed E-state index contributed by atoms with van der Waals surface area (Å²) in [7, 11) is -2.63. The highest BCUT2D eigenvalue weighted by Gasteiger charge is 2.38. The summed E-state index contributed by atoms with van der Waals surface area (Å²) >= 11 is 0. The van der Waals surface area contributed by atoms with Crippen molar-refractivity contribution in [3.05, 3.63) is 29.7 Å². The molecule has 0 aliphatic carbocycles. The molecule has 0 spiro atoms. The maximum atomic E-state index is 15.0. The summed E-state index contributed by atoms with van der Waals surface area (Å²) in [4.78, 5) is 11.4. The number of nitriles is 1. The molecular weight excluding hydrogens is 365 g/mol. The number of hydrogen-bond donors (Lipinski definition) is 2. The van der Waals surface area contributed by atoms with Crippen LogP contribution < -0.4 is 9.03 Å². The molecule has 0 bridgehead atoms. The number of nitrogens with zero attached hydrogens (tertiary/aromatic N) is 4. The van der Waals surface area contributed by atoms with Gasteiger partial charge in [-0.2, -0.15) is 18.8 Å². The first-order chi connectivity index (χ1) is 12.2. The predicted molar refractivity (Wildman–Crippen MR) is 88.6 cm³/mol. The molecule has 2 heterocycles. The summed E-state index contributed by atoms with van der Waals surface area (Å²) in [6, 6.07) is 5.99. The van der Waals surface area contributed by atoms with E-state index in [2.05, 4.69) is 5.10 Å². The van der Waals surface area contributed by atoms with Crippen LogP contribution in [0.25, 0.3) is 11.3 Å². The first-order valence-corrected chi connectivity index (χ1v) is 8.93. The molecule has 136 valence electrons. The maximum absolute atomic E-state index is 15.0. The van der Waals surface area contributed by atoms with E-state index in [1.165, 1.54) is 10.7 Å². The van der Waals surface area contributed by atoms with E-state index in [1.54, 1.807) is 17.8 Å². The van der Waals surface area contributed by atoms with Crippen molar-refractivity contribution in [3.8, 4) is 23.1 Å². The Morgan fingerprint density at radius 2 is 2.19 bits per heavy atom. The second kappa shape index (κ2) is 6.30. The van der Waals surface area contributed by atoms with Crippen LogP contribution in [0.15, 0.2) is 18.2 Å². The summed E-state index contributed by atoms with van der Waals surface area (Å²) in [5, 5.41) is 22.8. The van der Waals surface area contributed by atoms with Crippen molar-refractivity contribution in [1.29, 1.82) is 5.26 Å². The Labute approximate surface area is 148 Å². The number of anilines is 1. The van der Waals surface area contributed by atoms with Gasteiger partial charge in [0, 0.05) is 31.1 Å². The average molecular weight is 379 g/mol. The molecule has 1 aliphatic heterocycles. The molecule has 1 aromatic heterocycles. The number of carbonyl (C=O) groups excluding carboxylic acids is 1. The predicted octanol–water partition coefficient (Wildman–Crippen LogP) is 0.569. The van der Waals surface area contributed by atoms with Gasteiger partial charge in [-0.1, -0.05) is 0 Å². The van der Waals surface area contributed by atoms with Gasteiger partial charge in [-0.05, 0) is 18.2 Å². The number of hydrogen-bond acceptors (Lipinski definition) is 6. The number of carbonyl (C=O) groups is 1. The molecule has 1 aromatic carbocycles. The van der Waals surface area contributed by atoms with E-state index in [9.17, 15) is 18.3 Å². The number of phenols is 1. The van der Waals surface area contributed by atoms with E-state index in [-0.39, 0.29) is 17.7 Å². The van der Waals surface area contributed by atoms with Crippen molar-refractivity contribution >= 4 is 21.8 Å². The normalized spacial score (nSPS) is 15.7. The maximum Gasteiger partial charge on any atom is 0.326 e. The van der Waals surface area contributed by atoms with Crippen molar-refractivity contribution in [1.82, 2.24) is 14.5 Å². The van der Waals surface area contributed by atoms with Crippen molar-refractivity contribution in [2.75, 3.05) is 10.8 Å². The first-order valence-electron chi connectivity index (χ1n) is 7.49. The molecule has 0 radical (unpaired) electrons. The molecule has 2 N–H and O–H groups in total. The summed E-state index contributed by atoms with van der Waals surface area (Å²) in [5.41, 5.74) is 0.257. The van der Waals surface area contributed by atoms with Crippen LogP contribution in [0, 0.1) is 17.1 Å². The number of rotatable bonds is 4. The van der Waals surface area contributed by atoms with E-state index in [0.29, 0.717) is 16.4 Å². The third-order valence-electron chi connectivity index (χ3n) is 3.91. The Morgan fingerprint density at radius 3 is 2.81 bits per heavy atom. The minimum absolute atomic E-state index is 0.0360. The lowest BCUT2D eigenvalue weighted by Gasteiger charge is -2.18. The fraction of sp³-hybridized carbons (Fsp3) is 0.267. The molecule has 1 fully saturated rings. The summed E-state index contributed by atoms with van der Waals surface area (Å²) in [6.45, 7) is -0.633. The van der Waals surface area contributed by atoms with E-state index in [4.69, 9.17) is 5.26 Å². The van der Waals surface area contributed by atoms with Gasteiger partial charge in [0.25, 0.3) is 5.91 Å². The van der Waals surface area contributed by atoms with Gasteiger partial charge < -0.3 is 5.11 Å². The Hall–Kier alpha value is -3.13. The fourth-order valence-corrected chi connectivity index (χ4v) is 3.85. The van der Waals surface area contributed by atoms with Gasteiger partial charge >= 0.3 is 10.2 Å². The number of aromatic nitrogens is 2. The molecule has 1 amide bonds. The Bertz CT molecular complexity index is 1040. The highest BCUT2D eigenvalue weighted by atomic mass is 32.2. The number of nitrogens with one attached hydrogen (secondary N) is 1. The van der Waals surface area contributed by atoms with E-state index in [0.717, 1.165) is 6.07 Å². The monoisotopic (exact) mass is 379 g/mol. The highest BCUT2D eigenvalue weighted by molar-refractivity contribution is 7.92. The standard InChI is InChI=1S/C15H14FN5O4S/c1-20-9(3-2-6-17)7-11(18-20)10-4-5-12(22)15(14(10)16)21-8-13(23)19-26(21,24)25/h4-5,7,22H,2-3,8H2,1H3,(H,19,23). The lowest BCUT2D eigenvalue weighted by Crippen LogP contribution is -2.30. The van der Waals surface area contributed by atoms with Crippen molar-refractivity contribution in [2.45, 2.75) is 12.8 Å². The lowest BCUT2D eigenvalue weighted by atomic mass is 10.1. The Morgan fingerprint density at radius 1 is 1.46 bits per heavy atom. The van der Waals surface area contributed by atoms with Crippen LogP contribution in [0.3, 0.4) is 0 Å². The number of aromatic hydroxyl groups is 1. The van der Waals surface area contributed by atoms with E-state index >= 15 is 4.39 Å². The van der Waals surface area contributed by atoms with Gasteiger partial charge in [0.1, 0.15) is 18.0 Å². The number of aryl methyl sites for hydroxylation is 2. The topological polar surface area (TPSA) is 128 Å². The van der Waals surface area contributed by atoms with Crippen molar-refractivity contribution < 1.29 is 22.7 Å². The minimum atomic E-state index is -4.28. The molecule has 1 saturated heterocycles. The number of benzene rings is 1. The summed E-state index contributed by atoms with van der Waals surface area (Å²) in [6.07, 6.45) is 0.688. The quantitative estimate of drug-likeness (QED) is 0.799. The third-order valence-corrected chi connectivity index (χ3v) is 5.29. The number of amides is 1. The SMILES string of the molecule is Cn1nc(-c2ccc(O)c(N3CC(=O)NS3(=O)=O)c2F)cc1CCC#N. The molecule has 11 heteroatoms. The van der Waals surface area contributed by atoms with Gasteiger partial charge in [0.05, 0.1) is 11.8 Å². The Balaban J connectivity index is 2.09. The molecule has 9 nitrogen and oxygen atoms in total. The van der Waals surface area contributed by atoms with Crippen LogP contribution in [0.5, 0.6) is 5.75 Å². The van der Waals surface area contributed by atoms with Crippen LogP contribution in [0.1, 0.15) is 12.1 Å². The molecule has 2 aromatic rings. The average Bonchev–Trinajstić information content (AvgIpc) is 3.04. The Kier molecular flexibility index (Phi) is 4.29. The molecule has 26 heavy (non-hydrogen) atoms. The fourth-order valence-electron chi connectivity index (χ4n) is 2.69. The van der Waals surface area contributed by atoms with Crippen LogP contribution in [-0.2, 0) is 28.5 Å². The lowest BCUT2D eigenvalue weighted by molar-refractivity contribution is -0.117. The molecule has 0 unspecified atom stereocenters. The highest BCUT2D eigenvalue weighted by Crippen LogP contribution is 2.38. The molecule has 0 atom stereocenters. The van der Waals surface area contributed by atoms with Gasteiger partial charge in [0.2, 0.25) is 0 Å². The van der Waals surface area contributed by atoms with E-state index in [1.807, 2.05) is 6.07 Å². The van der Waals surface area contributed by atoms with Gasteiger partial charge in [-0.15, -0.1) is 0 Å². The largest absolute Gasteiger partial charge is 0.506 e. The van der Waals surface area contributed by atoms with Gasteiger partial charge in [-0.25, -0.2) is 13.4 Å². The van der Waals surface area contributed by atoms with E-state index < -0.39 is 39.9 Å². The second-order valence-corrected chi connectivity index (χ2v) is 7.23. The smallest absolute Gasteiger partial charge is 0.326 e. The molecule has 3 rings (SSSR count). The number of phenolic OH excluding ortho intramolecular Hbond substituents is 1. The first kappa shape index (κ1) is 17.7. The van der Waals surface area contributed by atoms with Gasteiger partial charge in [-0.3, -0.25) is 9.48 Å². The van der Waals surface area contributed by atoms with Crippen LogP contribution in [0.4, 0.5) is 10.1 Å². The number of halogens is 1. The van der Waals surface area contributed by atoms with Gasteiger partial charge in [0.15, 0.2) is 5.82 Å². The minimum Gasteiger partial charge on any atom is -0.506 e. The van der Waals surface area contributed by atoms with Crippen LogP contribution in [0.2, 0.25) is 0 Å². The molecular formula is C15H14FN5O4S. The zero-order valence-corrected chi connectivity index (χ0v) is 14.4. The van der Waals surface area contributed by atoms with Crippen molar-refractivity contribution in [3.63, 3.8) is 0 Å². The second-order valence-electron chi connectivity index (χ2n) is 5.63.